The fraction of sp³-hybridized carbons (Fsp3) is 0.327. The van der Waals surface area contributed by atoms with Gasteiger partial charge in [-0.2, -0.15) is 0 Å². The second kappa shape index (κ2) is 31.9. The molecule has 0 N–H and O–H groups in total. The maximum atomic E-state index is 8.26. The zero-order chi connectivity index (χ0) is 92.5. The van der Waals surface area contributed by atoms with Crippen LogP contribution in [0.4, 0.5) is 0 Å². The first-order chi connectivity index (χ1) is 58.1. The molecule has 112 heavy (non-hydrogen) atoms. The Morgan fingerprint density at radius 3 is 1.37 bits per heavy atom. The molecule has 17 aromatic rings. The zero-order valence-corrected chi connectivity index (χ0v) is 72.8. The van der Waals surface area contributed by atoms with Crippen molar-refractivity contribution in [2.75, 3.05) is 0 Å². The summed E-state index contributed by atoms with van der Waals surface area (Å²) in [5.74, 6) is 0. The number of benzene rings is 12. The van der Waals surface area contributed by atoms with Gasteiger partial charge in [0.2, 0.25) is 0 Å². The normalized spacial score (nSPS) is 15.2. The number of hydrogen-bond donors (Lipinski definition) is 0. The van der Waals surface area contributed by atoms with Crippen molar-refractivity contribution in [2.24, 2.45) is 0 Å². The summed E-state index contributed by atoms with van der Waals surface area (Å²) < 4.78 is 129. The van der Waals surface area contributed by atoms with E-state index >= 15 is 0 Å². The maximum absolute atomic E-state index is 8.26. The molecule has 576 valence electrons. The van der Waals surface area contributed by atoms with Crippen LogP contribution in [0.2, 0.25) is 0 Å². The lowest BCUT2D eigenvalue weighted by Crippen LogP contribution is -2.14. The molecule has 0 spiro atoms. The van der Waals surface area contributed by atoms with Gasteiger partial charge in [0, 0.05) is 111 Å². The number of furan rings is 1. The molecule has 0 aliphatic heterocycles. The molecular formula is C107H118OS4. The van der Waals surface area contributed by atoms with Crippen molar-refractivity contribution in [3.63, 3.8) is 0 Å². The Hall–Kier alpha value is -8.68. The van der Waals surface area contributed by atoms with Crippen molar-refractivity contribution >= 4 is 148 Å². The van der Waals surface area contributed by atoms with Crippen molar-refractivity contribution in [3.8, 4) is 11.1 Å². The van der Waals surface area contributed by atoms with Gasteiger partial charge in [-0.1, -0.05) is 316 Å². The van der Waals surface area contributed by atoms with E-state index in [1.165, 1.54) is 77.2 Å². The molecule has 0 amide bonds. The first kappa shape index (κ1) is 64.7. The van der Waals surface area contributed by atoms with Gasteiger partial charge in [0.05, 0.1) is 0 Å². The average molecular weight is 1560 g/mol. The third-order valence-electron chi connectivity index (χ3n) is 21.4. The molecule has 5 heteroatoms. The van der Waals surface area contributed by atoms with E-state index in [4.69, 9.17) is 23.6 Å². The molecule has 0 bridgehead atoms. The number of fused-ring (bicyclic) bond motifs is 18. The molecule has 1 aliphatic carbocycles. The van der Waals surface area contributed by atoms with Crippen LogP contribution in [0, 0.1) is 13.7 Å². The Morgan fingerprint density at radius 1 is 0.321 bits per heavy atom. The fourth-order valence-corrected chi connectivity index (χ4v) is 20.9. The Kier molecular flexibility index (Phi) is 18.5. The van der Waals surface area contributed by atoms with E-state index in [1.54, 1.807) is 73.0 Å². The van der Waals surface area contributed by atoms with Crippen LogP contribution < -0.4 is 0 Å². The number of para-hydroxylation sites is 1. The van der Waals surface area contributed by atoms with E-state index in [0.29, 0.717) is 22.3 Å². The number of hydrogen-bond acceptors (Lipinski definition) is 5. The molecule has 5 heterocycles. The van der Waals surface area contributed by atoms with Crippen LogP contribution in [-0.2, 0) is 64.4 Å². The van der Waals surface area contributed by atoms with Crippen molar-refractivity contribution in [1.29, 1.82) is 0 Å². The van der Waals surface area contributed by atoms with Gasteiger partial charge in [-0.05, 0) is 222 Å². The molecule has 1 nitrogen and oxygen atoms in total. The molecule has 12 aromatic carbocycles. The summed E-state index contributed by atoms with van der Waals surface area (Å²) in [6.45, 7) is 40.6. The Bertz CT molecular complexity index is 6600. The van der Waals surface area contributed by atoms with Crippen molar-refractivity contribution in [3.05, 3.63) is 296 Å². The molecule has 0 saturated heterocycles. The summed E-state index contributed by atoms with van der Waals surface area (Å²) >= 11 is 6.97. The van der Waals surface area contributed by atoms with Crippen molar-refractivity contribution in [2.45, 2.75) is 230 Å². The third kappa shape index (κ3) is 16.4. The summed E-state index contributed by atoms with van der Waals surface area (Å²) in [5, 5.41) is 11.5. The van der Waals surface area contributed by atoms with E-state index < -0.39 is 39.2 Å². The molecular weight excluding hydrogens is 1430 g/mol. The van der Waals surface area contributed by atoms with Crippen LogP contribution in [0.5, 0.6) is 0 Å². The van der Waals surface area contributed by atoms with Crippen LogP contribution in [0.25, 0.3) is 114 Å². The van der Waals surface area contributed by atoms with Crippen molar-refractivity contribution < 1.29 is 23.6 Å². The lowest BCUT2D eigenvalue weighted by atomic mass is 9.80. The topological polar surface area (TPSA) is 13.1 Å². The molecule has 0 unspecified atom stereocenters. The van der Waals surface area contributed by atoms with Gasteiger partial charge in [-0.25, -0.2) is 0 Å². The largest absolute Gasteiger partial charge is 0.456 e. The van der Waals surface area contributed by atoms with Crippen molar-refractivity contribution in [1.82, 2.24) is 0 Å². The highest BCUT2D eigenvalue weighted by molar-refractivity contribution is 7.27. The molecule has 0 saturated carbocycles. The van der Waals surface area contributed by atoms with Gasteiger partial charge in [0.25, 0.3) is 0 Å². The third-order valence-corrected chi connectivity index (χ3v) is 26.0. The minimum absolute atomic E-state index is 0.0735. The van der Waals surface area contributed by atoms with Gasteiger partial charge in [0.1, 0.15) is 11.2 Å². The van der Waals surface area contributed by atoms with E-state index in [1.807, 2.05) is 84.9 Å². The summed E-state index contributed by atoms with van der Waals surface area (Å²) in [4.78, 5) is 0. The second-order valence-electron chi connectivity index (χ2n) is 35.7. The highest BCUT2D eigenvalue weighted by Crippen LogP contribution is 2.47. The molecule has 0 radical (unpaired) electrons. The summed E-state index contributed by atoms with van der Waals surface area (Å²) in [6.07, 6.45) is -4.54. The second-order valence-corrected chi connectivity index (χ2v) is 40.0. The van der Waals surface area contributed by atoms with Gasteiger partial charge in [-0.3, -0.25) is 0 Å². The van der Waals surface area contributed by atoms with Gasteiger partial charge >= 0.3 is 0 Å². The lowest BCUT2D eigenvalue weighted by Gasteiger charge is -2.24. The van der Waals surface area contributed by atoms with E-state index in [-0.39, 0.29) is 32.5 Å². The highest BCUT2D eigenvalue weighted by atomic mass is 32.1. The predicted octanol–water partition coefficient (Wildman–Crippen LogP) is 33.7. The monoisotopic (exact) mass is 1560 g/mol. The van der Waals surface area contributed by atoms with E-state index in [2.05, 4.69) is 258 Å². The number of rotatable bonds is 4. The fourth-order valence-electron chi connectivity index (χ4n) is 16.1. The standard InChI is InChI=1S/C18H20O.3C18H20S.C18H20.C17H18S/c1-5-12-15(18(2,3)4)11-10-14-13-8-6-7-9-16(13)19-17(12)14;1-5-12-10-17-14(11-15(12)18(2,3)4)13-8-6-7-9-16(13)19-17;1-5-12-10-11-14-13-8-6-7-9-15(13)19-17(14)16(12)18(2,3)4;1-5-12-10-11-15-16(17(12)18(2,3)4)13-8-6-7-9-14(13)19-15;1-12-9-16-14(11-17(12)18(2,3)4)10-13-7-5-6-8-15(13)16;1-11-13(17(2,3)4)9-10-15-16(11)12-7-5-6-8-14(12)18-15/h4*6-11H,5H2,1-4H3;5-9,11H,10H2,1-4H3;5-10H,1-4H3/i4*5D2;2*1D3. The minimum atomic E-state index is -2.11. The summed E-state index contributed by atoms with van der Waals surface area (Å²) in [5.41, 5.74) is 15.9. The molecule has 18 rings (SSSR count). The summed E-state index contributed by atoms with van der Waals surface area (Å²) in [6, 6.07) is 74.0. The van der Waals surface area contributed by atoms with Crippen LogP contribution in [0.1, 0.15) is 249 Å². The first-order valence-corrected chi connectivity index (χ1v) is 42.4. The lowest BCUT2D eigenvalue weighted by molar-refractivity contribution is 0.579. The van der Waals surface area contributed by atoms with Crippen LogP contribution in [0.15, 0.2) is 223 Å². The van der Waals surface area contributed by atoms with Gasteiger partial charge < -0.3 is 4.42 Å². The van der Waals surface area contributed by atoms with Crippen LogP contribution in [0.3, 0.4) is 0 Å². The maximum Gasteiger partial charge on any atom is 0.138 e. The van der Waals surface area contributed by atoms with Gasteiger partial charge in [0.15, 0.2) is 0 Å². The van der Waals surface area contributed by atoms with Crippen LogP contribution in [-0.4, -0.2) is 0 Å². The number of thiophene rings is 4. The molecule has 0 atom stereocenters. The highest BCUT2D eigenvalue weighted by Gasteiger charge is 2.28. The first-order valence-electron chi connectivity index (χ1n) is 46.2. The smallest absolute Gasteiger partial charge is 0.138 e. The minimum Gasteiger partial charge on any atom is -0.456 e. The Morgan fingerprint density at radius 2 is 0.795 bits per heavy atom. The predicted molar refractivity (Wildman–Crippen MR) is 505 cm³/mol. The quantitative estimate of drug-likeness (QED) is 0.171. The Labute approximate surface area is 704 Å². The zero-order valence-electron chi connectivity index (χ0n) is 83.5. The van der Waals surface area contributed by atoms with Crippen LogP contribution >= 0.6 is 45.3 Å². The SMILES string of the molecule is [2H]C([2H])(C)c1c(C(C)(C)C)ccc2c1oc1ccccc12.[2H]C([2H])(C)c1cc2sc3ccccc3c2cc1C(C)(C)C.[2H]C([2H])(C)c1ccc2c(sc3ccccc32)c1C(C)(C)C.[2H]C([2H])(C)c1ccc2sc3ccccc3c2c1C(C)(C)C.[2H]C([2H])([2H])c1c(C(C)(C)C)ccc2sc3ccccc3c12.[2H]C([2H])([2H])c1cc2c(cc1C(C)(C)C)Cc1ccccc1-2. The van der Waals surface area contributed by atoms with E-state index in [9.17, 15) is 0 Å². The molecule has 1 aliphatic rings. The van der Waals surface area contributed by atoms with Gasteiger partial charge in [-0.15, -0.1) is 45.3 Å². The number of aryl methyl sites for hydroxylation is 6. The molecule has 5 aromatic heterocycles. The average Bonchev–Trinajstić information content (AvgIpc) is 1.61. The van der Waals surface area contributed by atoms with E-state index in [0.717, 1.165) is 98.6 Å². The summed E-state index contributed by atoms with van der Waals surface area (Å²) in [7, 11) is 0. The molecule has 0 fully saturated rings. The Balaban J connectivity index is 0.000000130.